The maximum atomic E-state index is 9.90. The molecule has 3 rings (SSSR count). The number of rotatable bonds is 1. The number of aromatic nitrogens is 2. The summed E-state index contributed by atoms with van der Waals surface area (Å²) in [5.41, 5.74) is 5.76. The molecule has 0 radical (unpaired) electrons. The Hall–Kier alpha value is -1.36. The summed E-state index contributed by atoms with van der Waals surface area (Å²) in [6.45, 7) is 1.56. The highest BCUT2D eigenvalue weighted by atomic mass is 16.3. The van der Waals surface area contributed by atoms with Crippen molar-refractivity contribution >= 4 is 11.6 Å². The minimum Gasteiger partial charge on any atom is -0.391 e. The second-order valence-corrected chi connectivity index (χ2v) is 4.56. The van der Waals surface area contributed by atoms with Crippen molar-refractivity contribution in [1.82, 2.24) is 9.97 Å². The molecule has 15 heavy (non-hydrogen) atoms. The van der Waals surface area contributed by atoms with Gasteiger partial charge < -0.3 is 15.7 Å². The Kier molecular flexibility index (Phi) is 1.68. The van der Waals surface area contributed by atoms with Gasteiger partial charge in [0.1, 0.15) is 18.0 Å². The predicted molar refractivity (Wildman–Crippen MR) is 56.3 cm³/mol. The van der Waals surface area contributed by atoms with Crippen LogP contribution >= 0.6 is 0 Å². The molecule has 1 aromatic heterocycles. The smallest absolute Gasteiger partial charge is 0.134 e. The third-order valence-corrected chi connectivity index (χ3v) is 3.50. The van der Waals surface area contributed by atoms with Crippen LogP contribution in [-0.2, 0) is 0 Å². The summed E-state index contributed by atoms with van der Waals surface area (Å²) in [5.74, 6) is 1.30. The van der Waals surface area contributed by atoms with E-state index in [1.807, 2.05) is 0 Å². The van der Waals surface area contributed by atoms with Crippen molar-refractivity contribution in [3.8, 4) is 0 Å². The first-order valence-corrected chi connectivity index (χ1v) is 5.20. The summed E-state index contributed by atoms with van der Waals surface area (Å²) in [6, 6.07) is 1.76. The molecule has 0 bridgehead atoms. The molecular formula is C10H14N4O. The predicted octanol–water partition coefficient (Wildman–Crippen LogP) is 0.0199. The van der Waals surface area contributed by atoms with Crippen LogP contribution < -0.4 is 10.6 Å². The number of hydrogen-bond acceptors (Lipinski definition) is 5. The van der Waals surface area contributed by atoms with Gasteiger partial charge in [0, 0.05) is 24.6 Å². The second-order valence-electron chi connectivity index (χ2n) is 4.56. The third kappa shape index (κ3) is 1.34. The first-order chi connectivity index (χ1) is 7.20. The summed E-state index contributed by atoms with van der Waals surface area (Å²) in [4.78, 5) is 10.1. The van der Waals surface area contributed by atoms with E-state index in [1.54, 1.807) is 6.07 Å². The van der Waals surface area contributed by atoms with E-state index in [1.165, 1.54) is 6.33 Å². The summed E-state index contributed by atoms with van der Waals surface area (Å²) >= 11 is 0. The molecular weight excluding hydrogens is 192 g/mol. The fourth-order valence-corrected chi connectivity index (χ4v) is 2.31. The third-order valence-electron chi connectivity index (χ3n) is 3.50. The number of hydrogen-bond donors (Lipinski definition) is 2. The molecule has 1 saturated heterocycles. The molecule has 80 valence electrons. The van der Waals surface area contributed by atoms with Gasteiger partial charge >= 0.3 is 0 Å². The van der Waals surface area contributed by atoms with E-state index in [2.05, 4.69) is 14.9 Å². The van der Waals surface area contributed by atoms with Gasteiger partial charge in [0.05, 0.1) is 6.10 Å². The molecule has 2 aliphatic rings. The Morgan fingerprint density at radius 3 is 2.87 bits per heavy atom. The molecule has 1 unspecified atom stereocenters. The lowest BCUT2D eigenvalue weighted by atomic mass is 10.0. The number of nitrogens with two attached hydrogens (primary N) is 1. The summed E-state index contributed by atoms with van der Waals surface area (Å²) < 4.78 is 0. The zero-order valence-electron chi connectivity index (χ0n) is 8.43. The number of aliphatic hydroxyl groups is 1. The van der Waals surface area contributed by atoms with E-state index in [-0.39, 0.29) is 11.5 Å². The Morgan fingerprint density at radius 2 is 2.27 bits per heavy atom. The van der Waals surface area contributed by atoms with Crippen LogP contribution in [0.5, 0.6) is 0 Å². The molecule has 1 atom stereocenters. The van der Waals surface area contributed by atoms with Crippen molar-refractivity contribution in [1.29, 1.82) is 0 Å². The lowest BCUT2D eigenvalue weighted by molar-refractivity contribution is 0.136. The van der Waals surface area contributed by atoms with Crippen LogP contribution in [0.2, 0.25) is 0 Å². The van der Waals surface area contributed by atoms with Gasteiger partial charge in [0.2, 0.25) is 0 Å². The van der Waals surface area contributed by atoms with Crippen molar-refractivity contribution in [2.45, 2.75) is 18.9 Å². The highest BCUT2D eigenvalue weighted by Crippen LogP contribution is 2.53. The average molecular weight is 206 g/mol. The summed E-state index contributed by atoms with van der Waals surface area (Å²) in [7, 11) is 0. The molecule has 1 spiro atoms. The van der Waals surface area contributed by atoms with E-state index in [9.17, 15) is 5.11 Å². The topological polar surface area (TPSA) is 75.3 Å². The Morgan fingerprint density at radius 1 is 1.47 bits per heavy atom. The van der Waals surface area contributed by atoms with E-state index in [0.29, 0.717) is 12.4 Å². The number of nitrogen functional groups attached to an aromatic ring is 1. The van der Waals surface area contributed by atoms with Gasteiger partial charge in [0.25, 0.3) is 0 Å². The van der Waals surface area contributed by atoms with E-state index in [0.717, 1.165) is 25.2 Å². The van der Waals surface area contributed by atoms with Gasteiger partial charge in [-0.3, -0.25) is 0 Å². The Labute approximate surface area is 87.9 Å². The van der Waals surface area contributed by atoms with E-state index < -0.39 is 0 Å². The van der Waals surface area contributed by atoms with Crippen LogP contribution in [0.3, 0.4) is 0 Å². The number of aliphatic hydroxyl groups excluding tert-OH is 1. The van der Waals surface area contributed by atoms with Crippen LogP contribution in [0.15, 0.2) is 12.4 Å². The van der Waals surface area contributed by atoms with E-state index >= 15 is 0 Å². The number of β-amino-alcohol motifs (C(OH)–C–C–N with tert-alkyl or cyclic N) is 1. The molecule has 1 saturated carbocycles. The van der Waals surface area contributed by atoms with Gasteiger partial charge in [-0.1, -0.05) is 0 Å². The lowest BCUT2D eigenvalue weighted by Crippen LogP contribution is -2.22. The van der Waals surface area contributed by atoms with Gasteiger partial charge in [-0.05, 0) is 12.8 Å². The maximum absolute atomic E-state index is 9.90. The van der Waals surface area contributed by atoms with Crippen molar-refractivity contribution in [2.24, 2.45) is 5.41 Å². The van der Waals surface area contributed by atoms with Gasteiger partial charge in [-0.15, -0.1) is 0 Å². The second kappa shape index (κ2) is 2.82. The molecule has 0 amide bonds. The minimum absolute atomic E-state index is 0.152. The maximum Gasteiger partial charge on any atom is 0.134 e. The molecule has 1 aliphatic carbocycles. The first kappa shape index (κ1) is 8.91. The molecule has 2 heterocycles. The van der Waals surface area contributed by atoms with Crippen LogP contribution in [0.4, 0.5) is 11.6 Å². The van der Waals surface area contributed by atoms with Crippen LogP contribution in [0, 0.1) is 5.41 Å². The van der Waals surface area contributed by atoms with Crippen molar-refractivity contribution in [2.75, 3.05) is 23.7 Å². The van der Waals surface area contributed by atoms with Gasteiger partial charge in [-0.2, -0.15) is 0 Å². The highest BCUT2D eigenvalue weighted by molar-refractivity contribution is 5.48. The lowest BCUT2D eigenvalue weighted by Gasteiger charge is -2.16. The fourth-order valence-electron chi connectivity index (χ4n) is 2.31. The Bertz CT molecular complexity index is 391. The SMILES string of the molecule is Nc1cc(N2CC(O)C3(CC3)C2)ncn1. The molecule has 2 fully saturated rings. The minimum atomic E-state index is -0.214. The van der Waals surface area contributed by atoms with Crippen LogP contribution in [0.25, 0.3) is 0 Å². The van der Waals surface area contributed by atoms with Crippen molar-refractivity contribution < 1.29 is 5.11 Å². The summed E-state index contributed by atoms with van der Waals surface area (Å²) in [6.07, 6.45) is 3.51. The molecule has 3 N–H and O–H groups in total. The normalized spacial score (nSPS) is 27.3. The van der Waals surface area contributed by atoms with Crippen LogP contribution in [0.1, 0.15) is 12.8 Å². The number of nitrogens with zero attached hydrogens (tertiary/aromatic N) is 3. The quantitative estimate of drug-likeness (QED) is 0.677. The van der Waals surface area contributed by atoms with Gasteiger partial charge in [-0.25, -0.2) is 9.97 Å². The molecule has 1 aromatic rings. The molecule has 5 heteroatoms. The molecule has 1 aliphatic heterocycles. The average Bonchev–Trinajstić information content (AvgIpc) is 2.90. The highest BCUT2D eigenvalue weighted by Gasteiger charge is 2.54. The van der Waals surface area contributed by atoms with Crippen LogP contribution in [-0.4, -0.2) is 34.3 Å². The zero-order chi connectivity index (χ0) is 10.5. The largest absolute Gasteiger partial charge is 0.391 e. The number of anilines is 2. The first-order valence-electron chi connectivity index (χ1n) is 5.20. The van der Waals surface area contributed by atoms with Crippen molar-refractivity contribution in [3.63, 3.8) is 0 Å². The van der Waals surface area contributed by atoms with Crippen molar-refractivity contribution in [3.05, 3.63) is 12.4 Å². The zero-order valence-corrected chi connectivity index (χ0v) is 8.43. The standard InChI is InChI=1S/C10H14N4O/c11-8-3-9(13-6-12-8)14-4-7(15)10(5-14)1-2-10/h3,6-7,15H,1-2,4-5H2,(H2,11,12,13). The molecule has 5 nitrogen and oxygen atoms in total. The van der Waals surface area contributed by atoms with Gasteiger partial charge in [0.15, 0.2) is 0 Å². The van der Waals surface area contributed by atoms with E-state index in [4.69, 9.17) is 5.73 Å². The fraction of sp³-hybridized carbons (Fsp3) is 0.600. The summed E-state index contributed by atoms with van der Waals surface area (Å²) in [5, 5.41) is 9.90. The molecule has 0 aromatic carbocycles. The monoisotopic (exact) mass is 206 g/mol. The Balaban J connectivity index is 1.84.